The van der Waals surface area contributed by atoms with Crippen molar-refractivity contribution in [2.24, 2.45) is 0 Å². The van der Waals surface area contributed by atoms with E-state index in [9.17, 15) is 19.5 Å². The number of benzene rings is 1. The molecule has 1 atom stereocenters. The highest BCUT2D eigenvalue weighted by Gasteiger charge is 2.21. The average Bonchev–Trinajstić information content (AvgIpc) is 3.13. The molecular formula is C17H23N3O5. The van der Waals surface area contributed by atoms with Gasteiger partial charge in [0.1, 0.15) is 0 Å². The molecule has 1 aliphatic rings. The van der Waals surface area contributed by atoms with Gasteiger partial charge in [0.05, 0.1) is 30.2 Å². The van der Waals surface area contributed by atoms with E-state index in [4.69, 9.17) is 4.74 Å². The maximum atomic E-state index is 12.1. The van der Waals surface area contributed by atoms with Crippen molar-refractivity contribution < 1.29 is 24.2 Å². The molecule has 1 heterocycles. The summed E-state index contributed by atoms with van der Waals surface area (Å²) in [7, 11) is 1.28. The van der Waals surface area contributed by atoms with Crippen molar-refractivity contribution in [2.75, 3.05) is 37.0 Å². The van der Waals surface area contributed by atoms with E-state index in [-0.39, 0.29) is 12.1 Å². The van der Waals surface area contributed by atoms with Gasteiger partial charge < -0.3 is 25.4 Å². The standard InChI is InChI=1S/C17H23N3O5/c1-11(21)10-18-15(22)16(23)19-13-9-12(17(24)25-2)5-6-14(13)20-7-3-4-8-20/h5-6,9,11,21H,3-4,7-8,10H2,1-2H3,(H,18,22)(H,19,23). The van der Waals surface area contributed by atoms with E-state index in [1.807, 2.05) is 0 Å². The summed E-state index contributed by atoms with van der Waals surface area (Å²) in [5.74, 6) is -2.23. The number of nitrogens with zero attached hydrogens (tertiary/aromatic N) is 1. The van der Waals surface area contributed by atoms with Gasteiger partial charge in [-0.25, -0.2) is 4.79 Å². The zero-order valence-electron chi connectivity index (χ0n) is 14.4. The van der Waals surface area contributed by atoms with Gasteiger partial charge in [0.25, 0.3) is 0 Å². The highest BCUT2D eigenvalue weighted by molar-refractivity contribution is 6.40. The van der Waals surface area contributed by atoms with E-state index in [1.165, 1.54) is 20.1 Å². The average molecular weight is 349 g/mol. The molecule has 0 aliphatic carbocycles. The number of nitrogens with one attached hydrogen (secondary N) is 2. The Morgan fingerprint density at radius 3 is 2.52 bits per heavy atom. The molecule has 136 valence electrons. The van der Waals surface area contributed by atoms with Gasteiger partial charge in [-0.2, -0.15) is 0 Å². The summed E-state index contributed by atoms with van der Waals surface area (Å²) >= 11 is 0. The fourth-order valence-corrected chi connectivity index (χ4v) is 2.61. The Balaban J connectivity index is 2.21. The normalized spacial score (nSPS) is 14.8. The SMILES string of the molecule is COC(=O)c1ccc(N2CCCC2)c(NC(=O)C(=O)NCC(C)O)c1. The number of ether oxygens (including phenoxy) is 1. The highest BCUT2D eigenvalue weighted by Crippen LogP contribution is 2.30. The van der Waals surface area contributed by atoms with Crippen LogP contribution in [0.1, 0.15) is 30.1 Å². The smallest absolute Gasteiger partial charge is 0.337 e. The summed E-state index contributed by atoms with van der Waals surface area (Å²) in [4.78, 5) is 37.8. The molecule has 1 fully saturated rings. The molecule has 8 heteroatoms. The van der Waals surface area contributed by atoms with Crippen LogP contribution in [0, 0.1) is 0 Å². The topological polar surface area (TPSA) is 108 Å². The van der Waals surface area contributed by atoms with Gasteiger partial charge in [-0.15, -0.1) is 0 Å². The third kappa shape index (κ3) is 4.93. The molecule has 8 nitrogen and oxygen atoms in total. The summed E-state index contributed by atoms with van der Waals surface area (Å²) in [5.41, 5.74) is 1.41. The van der Waals surface area contributed by atoms with Crippen LogP contribution in [0.5, 0.6) is 0 Å². The molecule has 1 aliphatic heterocycles. The van der Waals surface area contributed by atoms with Gasteiger partial charge in [0, 0.05) is 19.6 Å². The molecule has 0 aromatic heterocycles. The first kappa shape index (κ1) is 18.7. The number of aliphatic hydroxyl groups is 1. The van der Waals surface area contributed by atoms with Crippen LogP contribution in [-0.2, 0) is 14.3 Å². The molecule has 0 bridgehead atoms. The third-order valence-electron chi connectivity index (χ3n) is 3.88. The van der Waals surface area contributed by atoms with Gasteiger partial charge in [-0.1, -0.05) is 0 Å². The zero-order chi connectivity index (χ0) is 18.4. The Morgan fingerprint density at radius 2 is 1.92 bits per heavy atom. The minimum atomic E-state index is -0.858. The van der Waals surface area contributed by atoms with Crippen LogP contribution >= 0.6 is 0 Å². The minimum Gasteiger partial charge on any atom is -0.465 e. The van der Waals surface area contributed by atoms with Crippen LogP contribution < -0.4 is 15.5 Å². The van der Waals surface area contributed by atoms with Crippen molar-refractivity contribution in [3.63, 3.8) is 0 Å². The fraction of sp³-hybridized carbons (Fsp3) is 0.471. The molecule has 1 saturated heterocycles. The molecule has 3 N–H and O–H groups in total. The molecule has 2 rings (SSSR count). The second kappa shape index (κ2) is 8.48. The Morgan fingerprint density at radius 1 is 1.24 bits per heavy atom. The van der Waals surface area contributed by atoms with Crippen LogP contribution in [0.4, 0.5) is 11.4 Å². The molecule has 0 saturated carbocycles. The number of carbonyl (C=O) groups is 3. The number of aliphatic hydroxyl groups excluding tert-OH is 1. The Kier molecular flexibility index (Phi) is 6.35. The maximum absolute atomic E-state index is 12.1. The molecular weight excluding hydrogens is 326 g/mol. The number of carbonyl (C=O) groups excluding carboxylic acids is 3. The summed E-state index contributed by atoms with van der Waals surface area (Å²) in [6.07, 6.45) is 1.33. The van der Waals surface area contributed by atoms with E-state index in [0.717, 1.165) is 31.6 Å². The van der Waals surface area contributed by atoms with Gasteiger partial charge >= 0.3 is 17.8 Å². The van der Waals surface area contributed by atoms with Gasteiger partial charge in [0.2, 0.25) is 0 Å². The Hall–Kier alpha value is -2.61. The number of hydrogen-bond acceptors (Lipinski definition) is 6. The van der Waals surface area contributed by atoms with Crippen LogP contribution in [0.25, 0.3) is 0 Å². The summed E-state index contributed by atoms with van der Waals surface area (Å²) in [6, 6.07) is 4.86. The second-order valence-electron chi connectivity index (χ2n) is 5.93. The number of rotatable bonds is 5. The highest BCUT2D eigenvalue weighted by atomic mass is 16.5. The van der Waals surface area contributed by atoms with Crippen molar-refractivity contribution in [1.82, 2.24) is 5.32 Å². The lowest BCUT2D eigenvalue weighted by molar-refractivity contribution is -0.136. The van der Waals surface area contributed by atoms with Gasteiger partial charge in [-0.3, -0.25) is 9.59 Å². The number of esters is 1. The monoisotopic (exact) mass is 349 g/mol. The van der Waals surface area contributed by atoms with E-state index in [0.29, 0.717) is 5.69 Å². The van der Waals surface area contributed by atoms with Crippen molar-refractivity contribution >= 4 is 29.2 Å². The van der Waals surface area contributed by atoms with Crippen molar-refractivity contribution in [1.29, 1.82) is 0 Å². The zero-order valence-corrected chi connectivity index (χ0v) is 14.4. The maximum Gasteiger partial charge on any atom is 0.337 e. The summed E-state index contributed by atoms with van der Waals surface area (Å²) < 4.78 is 4.70. The lowest BCUT2D eigenvalue weighted by Gasteiger charge is -2.22. The predicted octanol–water partition coefficient (Wildman–Crippen LogP) is 0.509. The molecule has 0 radical (unpaired) electrons. The van der Waals surface area contributed by atoms with E-state index in [2.05, 4.69) is 15.5 Å². The number of hydrogen-bond donors (Lipinski definition) is 3. The van der Waals surface area contributed by atoms with Gasteiger partial charge in [-0.05, 0) is 38.0 Å². The summed E-state index contributed by atoms with van der Waals surface area (Å²) in [5, 5.41) is 14.1. The quantitative estimate of drug-likeness (QED) is 0.528. The fourth-order valence-electron chi connectivity index (χ4n) is 2.61. The first-order valence-corrected chi connectivity index (χ1v) is 8.17. The molecule has 25 heavy (non-hydrogen) atoms. The molecule has 2 amide bonds. The third-order valence-corrected chi connectivity index (χ3v) is 3.88. The largest absolute Gasteiger partial charge is 0.465 e. The molecule has 0 spiro atoms. The molecule has 1 aromatic carbocycles. The first-order chi connectivity index (χ1) is 11.9. The minimum absolute atomic E-state index is 0.0204. The van der Waals surface area contributed by atoms with Crippen LogP contribution in [0.15, 0.2) is 18.2 Å². The number of amides is 2. The van der Waals surface area contributed by atoms with Gasteiger partial charge in [0.15, 0.2) is 0 Å². The van der Waals surface area contributed by atoms with E-state index in [1.54, 1.807) is 12.1 Å². The lowest BCUT2D eigenvalue weighted by Crippen LogP contribution is -2.39. The van der Waals surface area contributed by atoms with Crippen LogP contribution in [0.3, 0.4) is 0 Å². The lowest BCUT2D eigenvalue weighted by atomic mass is 10.1. The number of anilines is 2. The van der Waals surface area contributed by atoms with E-state index >= 15 is 0 Å². The van der Waals surface area contributed by atoms with Crippen molar-refractivity contribution in [2.45, 2.75) is 25.9 Å². The van der Waals surface area contributed by atoms with Crippen LogP contribution in [0.2, 0.25) is 0 Å². The number of methoxy groups -OCH3 is 1. The van der Waals surface area contributed by atoms with Crippen molar-refractivity contribution in [3.8, 4) is 0 Å². The van der Waals surface area contributed by atoms with Crippen molar-refractivity contribution in [3.05, 3.63) is 23.8 Å². The Labute approximate surface area is 146 Å². The van der Waals surface area contributed by atoms with E-state index < -0.39 is 23.9 Å². The summed E-state index contributed by atoms with van der Waals surface area (Å²) in [6.45, 7) is 3.17. The first-order valence-electron chi connectivity index (χ1n) is 8.17. The molecule has 1 aromatic rings. The van der Waals surface area contributed by atoms with Crippen LogP contribution in [-0.4, -0.2) is 55.7 Å². The predicted molar refractivity (Wildman–Crippen MR) is 92.5 cm³/mol. The molecule has 1 unspecified atom stereocenters. The second-order valence-corrected chi connectivity index (χ2v) is 5.93. The Bertz CT molecular complexity index is 654.